The van der Waals surface area contributed by atoms with Crippen molar-refractivity contribution in [3.05, 3.63) is 52.5 Å². The Morgan fingerprint density at radius 3 is 2.39 bits per heavy atom. The van der Waals surface area contributed by atoms with Crippen LogP contribution in [0, 0.1) is 5.92 Å². The number of ketones is 3. The highest BCUT2D eigenvalue weighted by Gasteiger charge is 2.26. The van der Waals surface area contributed by atoms with Crippen LogP contribution in [0.2, 0.25) is 0 Å². The molecule has 0 bridgehead atoms. The molecule has 0 aliphatic heterocycles. The van der Waals surface area contributed by atoms with Crippen LogP contribution in [0.4, 0.5) is 0 Å². The van der Waals surface area contributed by atoms with Gasteiger partial charge in [0.05, 0.1) is 32.2 Å². The van der Waals surface area contributed by atoms with E-state index in [2.05, 4.69) is 28.9 Å². The van der Waals surface area contributed by atoms with Gasteiger partial charge in [-0.1, -0.05) is 32.8 Å². The molecule has 2 aromatic rings. The van der Waals surface area contributed by atoms with Gasteiger partial charge >= 0.3 is 5.97 Å². The van der Waals surface area contributed by atoms with Crippen molar-refractivity contribution in [2.24, 2.45) is 13.0 Å². The second kappa shape index (κ2) is 14.7. The monoisotopic (exact) mass is 528 g/mol. The maximum absolute atomic E-state index is 13.2. The van der Waals surface area contributed by atoms with E-state index in [0.717, 1.165) is 26.4 Å². The topological polar surface area (TPSA) is 146 Å². The number of pyridine rings is 1. The van der Waals surface area contributed by atoms with Crippen LogP contribution in [-0.4, -0.2) is 56.5 Å². The zero-order valence-corrected chi connectivity index (χ0v) is 22.4. The summed E-state index contributed by atoms with van der Waals surface area (Å²) in [7, 11) is 2.68. The Labute approximate surface area is 221 Å². The Bertz CT molecular complexity index is 1210. The van der Waals surface area contributed by atoms with Crippen LogP contribution < -0.4 is 10.9 Å². The Morgan fingerprint density at radius 1 is 1.08 bits per heavy atom. The SMILES string of the molecule is CCC(CC)CCC(=O)Cn1cccc(CC(=O)[C@H](CCC(=O)C(=O)OC)NC(=O)c2cncn2C)c1=O. The van der Waals surface area contributed by atoms with Crippen molar-refractivity contribution in [3.63, 3.8) is 0 Å². The molecule has 0 fully saturated rings. The number of carbonyl (C=O) groups excluding carboxylic acids is 5. The second-order valence-electron chi connectivity index (χ2n) is 9.24. The molecule has 1 atom stereocenters. The molecule has 38 heavy (non-hydrogen) atoms. The predicted molar refractivity (Wildman–Crippen MR) is 138 cm³/mol. The standard InChI is InChI=1S/C27H36N4O7/c1-5-18(6-2)9-10-20(32)16-31-13-7-8-19(26(31)36)14-24(34)21(11-12-23(33)27(37)38-4)29-25(35)22-15-28-17-30(22)3/h7-8,13,15,17-18,21H,5-6,9-12,14,16H2,1-4H3,(H,29,35)/t21-/m0/s1. The summed E-state index contributed by atoms with van der Waals surface area (Å²) in [6.07, 6.45) is 6.55. The molecule has 0 saturated heterocycles. The Kier molecular flexibility index (Phi) is 11.8. The van der Waals surface area contributed by atoms with Crippen molar-refractivity contribution in [1.29, 1.82) is 0 Å². The van der Waals surface area contributed by atoms with Gasteiger partial charge in [-0.2, -0.15) is 0 Å². The molecule has 1 N–H and O–H groups in total. The van der Waals surface area contributed by atoms with Crippen LogP contribution in [-0.2, 0) is 43.9 Å². The summed E-state index contributed by atoms with van der Waals surface area (Å²) >= 11 is 0. The highest BCUT2D eigenvalue weighted by atomic mass is 16.5. The fourth-order valence-corrected chi connectivity index (χ4v) is 4.10. The van der Waals surface area contributed by atoms with Crippen LogP contribution >= 0.6 is 0 Å². The van der Waals surface area contributed by atoms with E-state index in [4.69, 9.17) is 0 Å². The maximum Gasteiger partial charge on any atom is 0.374 e. The number of nitrogens with one attached hydrogen (secondary N) is 1. The fourth-order valence-electron chi connectivity index (χ4n) is 4.10. The number of hydrogen-bond donors (Lipinski definition) is 1. The molecular weight excluding hydrogens is 492 g/mol. The second-order valence-corrected chi connectivity index (χ2v) is 9.24. The first-order valence-electron chi connectivity index (χ1n) is 12.7. The van der Waals surface area contributed by atoms with Gasteiger partial charge in [0.25, 0.3) is 11.5 Å². The van der Waals surface area contributed by atoms with E-state index < -0.39 is 35.0 Å². The van der Waals surface area contributed by atoms with Crippen molar-refractivity contribution in [2.45, 2.75) is 71.4 Å². The molecule has 0 aromatic carbocycles. The number of rotatable bonds is 16. The van der Waals surface area contributed by atoms with Crippen molar-refractivity contribution >= 4 is 29.2 Å². The summed E-state index contributed by atoms with van der Waals surface area (Å²) < 4.78 is 7.16. The minimum Gasteiger partial charge on any atom is -0.463 e. The third-order valence-electron chi connectivity index (χ3n) is 6.61. The highest BCUT2D eigenvalue weighted by molar-refractivity contribution is 6.33. The molecule has 0 radical (unpaired) electrons. The summed E-state index contributed by atoms with van der Waals surface area (Å²) in [5, 5.41) is 2.58. The van der Waals surface area contributed by atoms with Crippen molar-refractivity contribution in [1.82, 2.24) is 19.4 Å². The zero-order valence-electron chi connectivity index (χ0n) is 22.4. The van der Waals surface area contributed by atoms with E-state index in [9.17, 15) is 28.8 Å². The number of hydrogen-bond acceptors (Lipinski definition) is 8. The van der Waals surface area contributed by atoms with Gasteiger partial charge in [0.2, 0.25) is 5.78 Å². The van der Waals surface area contributed by atoms with Gasteiger partial charge in [-0.25, -0.2) is 9.78 Å². The normalized spacial score (nSPS) is 11.7. The molecule has 11 nitrogen and oxygen atoms in total. The van der Waals surface area contributed by atoms with Crippen LogP contribution in [0.3, 0.4) is 0 Å². The average molecular weight is 529 g/mol. The molecule has 2 aromatic heterocycles. The third kappa shape index (κ3) is 8.60. The molecular formula is C27H36N4O7. The molecule has 2 heterocycles. The van der Waals surface area contributed by atoms with Crippen LogP contribution in [0.25, 0.3) is 0 Å². The van der Waals surface area contributed by atoms with Crippen LogP contribution in [0.5, 0.6) is 0 Å². The molecule has 11 heteroatoms. The van der Waals surface area contributed by atoms with E-state index in [1.54, 1.807) is 13.1 Å². The van der Waals surface area contributed by atoms with Crippen molar-refractivity contribution < 1.29 is 28.7 Å². The largest absolute Gasteiger partial charge is 0.463 e. The van der Waals surface area contributed by atoms with Gasteiger partial charge in [0.15, 0.2) is 11.6 Å². The van der Waals surface area contributed by atoms with E-state index in [1.165, 1.54) is 33.9 Å². The third-order valence-corrected chi connectivity index (χ3v) is 6.61. The molecule has 0 aliphatic rings. The van der Waals surface area contributed by atoms with Gasteiger partial charge in [0, 0.05) is 38.1 Å². The molecule has 206 valence electrons. The average Bonchev–Trinajstić information content (AvgIpc) is 3.34. The van der Waals surface area contributed by atoms with Gasteiger partial charge in [-0.05, 0) is 24.8 Å². The van der Waals surface area contributed by atoms with E-state index in [1.807, 2.05) is 0 Å². The Hall–Kier alpha value is -3.89. The predicted octanol–water partition coefficient (Wildman–Crippen LogP) is 1.80. The van der Waals surface area contributed by atoms with Gasteiger partial charge in [-0.15, -0.1) is 0 Å². The lowest BCUT2D eigenvalue weighted by Crippen LogP contribution is -2.43. The molecule has 0 spiro atoms. The van der Waals surface area contributed by atoms with E-state index in [0.29, 0.717) is 12.3 Å². The number of aromatic nitrogens is 3. The number of nitrogens with zero attached hydrogens (tertiary/aromatic N) is 3. The zero-order chi connectivity index (χ0) is 28.2. The lowest BCUT2D eigenvalue weighted by Gasteiger charge is -2.18. The maximum atomic E-state index is 13.2. The number of methoxy groups -OCH3 is 1. The number of carbonyl (C=O) groups is 5. The summed E-state index contributed by atoms with van der Waals surface area (Å²) in [5.74, 6) is -2.60. The first kappa shape index (κ1) is 30.3. The molecule has 0 saturated carbocycles. The Morgan fingerprint density at radius 2 is 1.79 bits per heavy atom. The highest BCUT2D eigenvalue weighted by Crippen LogP contribution is 2.15. The molecule has 0 aliphatic carbocycles. The lowest BCUT2D eigenvalue weighted by molar-refractivity contribution is -0.151. The lowest BCUT2D eigenvalue weighted by atomic mass is 9.96. The van der Waals surface area contributed by atoms with Gasteiger partial charge < -0.3 is 19.2 Å². The number of ether oxygens (including phenoxy) is 1. The molecule has 0 unspecified atom stereocenters. The molecule has 2 rings (SSSR count). The quantitative estimate of drug-likeness (QED) is 0.256. The van der Waals surface area contributed by atoms with Crippen molar-refractivity contribution in [3.8, 4) is 0 Å². The number of esters is 1. The summed E-state index contributed by atoms with van der Waals surface area (Å²) in [6, 6.07) is 1.92. The Balaban J connectivity index is 2.16. The first-order chi connectivity index (χ1) is 18.1. The van der Waals surface area contributed by atoms with Gasteiger partial charge in [-0.3, -0.25) is 24.0 Å². The summed E-state index contributed by atoms with van der Waals surface area (Å²) in [4.78, 5) is 78.8. The minimum absolute atomic E-state index is 0.0647. The minimum atomic E-state index is -1.15. The van der Waals surface area contributed by atoms with E-state index in [-0.39, 0.29) is 42.8 Å². The van der Waals surface area contributed by atoms with E-state index >= 15 is 0 Å². The van der Waals surface area contributed by atoms with Gasteiger partial charge in [0.1, 0.15) is 5.69 Å². The van der Waals surface area contributed by atoms with Crippen LogP contribution in [0.15, 0.2) is 35.6 Å². The smallest absolute Gasteiger partial charge is 0.374 e. The number of imidazole rings is 1. The fraction of sp³-hybridized carbons (Fsp3) is 0.519. The van der Waals surface area contributed by atoms with Crippen molar-refractivity contribution in [2.75, 3.05) is 7.11 Å². The number of aryl methyl sites for hydroxylation is 1. The van der Waals surface area contributed by atoms with Crippen LogP contribution in [0.1, 0.15) is 68.4 Å². The molecule has 1 amide bonds. The summed E-state index contributed by atoms with van der Waals surface area (Å²) in [6.45, 7) is 4.08. The number of Topliss-reactive ketones (excluding diaryl/α,β-unsaturated/α-hetero) is 3. The first-order valence-corrected chi connectivity index (χ1v) is 12.7. The number of amides is 1. The summed E-state index contributed by atoms with van der Waals surface area (Å²) in [5.41, 5.74) is -0.125.